The van der Waals surface area contributed by atoms with Crippen LogP contribution in [0.2, 0.25) is 0 Å². The molecule has 0 aliphatic rings. The van der Waals surface area contributed by atoms with Crippen molar-refractivity contribution in [2.45, 2.75) is 6.42 Å². The number of nitrogens with one attached hydrogen (secondary N) is 4. The van der Waals surface area contributed by atoms with Crippen LogP contribution in [0.25, 0.3) is 0 Å². The summed E-state index contributed by atoms with van der Waals surface area (Å²) < 4.78 is 121. The molecule has 6 nitrogen and oxygen atoms in total. The van der Waals surface area contributed by atoms with Crippen molar-refractivity contribution in [1.82, 2.24) is 9.44 Å². The highest BCUT2D eigenvalue weighted by Gasteiger charge is 2.65. The molecular weight excluding hydrogens is 522 g/mol. The first-order chi connectivity index (χ1) is 14.3. The first-order valence-electron chi connectivity index (χ1n) is 8.21. The zero-order valence-corrected chi connectivity index (χ0v) is 17.4. The third-order valence-corrected chi connectivity index (χ3v) is 4.55. The lowest BCUT2D eigenvalue weighted by Gasteiger charge is -2.40. The van der Waals surface area contributed by atoms with E-state index < -0.39 is 32.9 Å². The molecule has 33 heavy (non-hydrogen) atoms. The molecule has 2 aromatic rings. The summed E-state index contributed by atoms with van der Waals surface area (Å²) in [6, 6.07) is 5.49. The van der Waals surface area contributed by atoms with Crippen molar-refractivity contribution in [1.29, 1.82) is 0 Å². The third kappa shape index (κ3) is 11.4. The van der Waals surface area contributed by atoms with Crippen LogP contribution < -0.4 is 20.1 Å². The zero-order chi connectivity index (χ0) is 25.5. The predicted octanol–water partition coefficient (Wildman–Crippen LogP) is 7.95. The number of carbonyl (C=O) groups is 2. The molecule has 0 heterocycles. The SMILES string of the molecule is O=C(Nc1ccc(Cc2ccc(NC(=O)NS(F)(F)(F)(F)F)cc2)cc1)NS(F)(F)(F)(F)F. The maximum atomic E-state index is 12.2. The molecule has 2 rings (SSSR count). The quantitative estimate of drug-likeness (QED) is 0.283. The van der Waals surface area contributed by atoms with Gasteiger partial charge in [0, 0.05) is 11.4 Å². The number of urea groups is 2. The Hall–Kier alpha value is -3.02. The van der Waals surface area contributed by atoms with Gasteiger partial charge in [-0.3, -0.25) is 0 Å². The number of carbonyl (C=O) groups excluding carboxylic acids is 2. The van der Waals surface area contributed by atoms with Crippen molar-refractivity contribution in [3.63, 3.8) is 0 Å². The average Bonchev–Trinajstić information content (AvgIpc) is 2.52. The third-order valence-electron chi connectivity index (χ3n) is 3.40. The molecule has 0 radical (unpaired) electrons. The molecule has 0 aliphatic carbocycles. The van der Waals surface area contributed by atoms with Crippen molar-refractivity contribution in [3.8, 4) is 0 Å². The van der Waals surface area contributed by atoms with Gasteiger partial charge in [0.25, 0.3) is 0 Å². The van der Waals surface area contributed by atoms with E-state index in [1.54, 1.807) is 10.6 Å². The predicted molar refractivity (Wildman–Crippen MR) is 106 cm³/mol. The minimum absolute atomic E-state index is 0.163. The molecular formula is C15H14F10N4O2S2. The molecule has 0 aromatic heterocycles. The zero-order valence-electron chi connectivity index (χ0n) is 15.7. The lowest BCUT2D eigenvalue weighted by Crippen LogP contribution is -2.36. The molecule has 0 fully saturated rings. The first kappa shape index (κ1) is 26.2. The Labute approximate surface area is 179 Å². The minimum Gasteiger partial charge on any atom is -0.307 e. The Morgan fingerprint density at radius 1 is 0.545 bits per heavy atom. The van der Waals surface area contributed by atoms with Crippen LogP contribution in [0, 0.1) is 0 Å². The van der Waals surface area contributed by atoms with Crippen LogP contribution in [0.5, 0.6) is 0 Å². The second-order valence-corrected chi connectivity index (χ2v) is 10.9. The van der Waals surface area contributed by atoms with Crippen molar-refractivity contribution in [3.05, 3.63) is 59.7 Å². The molecule has 4 N–H and O–H groups in total. The Morgan fingerprint density at radius 2 is 0.818 bits per heavy atom. The lowest BCUT2D eigenvalue weighted by atomic mass is 10.0. The molecule has 0 saturated heterocycles. The van der Waals surface area contributed by atoms with Gasteiger partial charge >= 0.3 is 32.9 Å². The number of hydrogen-bond acceptors (Lipinski definition) is 2. The van der Waals surface area contributed by atoms with E-state index in [0.717, 1.165) is 24.3 Å². The van der Waals surface area contributed by atoms with E-state index in [2.05, 4.69) is 0 Å². The number of amides is 4. The second-order valence-electron chi connectivity index (χ2n) is 6.62. The minimum atomic E-state index is -10.2. The summed E-state index contributed by atoms with van der Waals surface area (Å²) in [5.41, 5.74) is 0.585. The molecule has 0 saturated carbocycles. The Balaban J connectivity index is 1.95. The second kappa shape index (κ2) is 6.75. The van der Waals surface area contributed by atoms with Crippen molar-refractivity contribution in [2.24, 2.45) is 0 Å². The molecule has 4 amide bonds. The maximum absolute atomic E-state index is 12.2. The van der Waals surface area contributed by atoms with Crippen molar-refractivity contribution in [2.75, 3.05) is 10.6 Å². The fraction of sp³-hybridized carbons (Fsp3) is 0.0667. The molecule has 18 heteroatoms. The van der Waals surface area contributed by atoms with Gasteiger partial charge in [0.05, 0.1) is 0 Å². The topological polar surface area (TPSA) is 82.3 Å². The summed E-state index contributed by atoms with van der Waals surface area (Å²) in [4.78, 5) is 22.2. The summed E-state index contributed by atoms with van der Waals surface area (Å²) in [6.07, 6.45) is 0.163. The van der Waals surface area contributed by atoms with E-state index in [0.29, 0.717) is 11.1 Å². The highest BCUT2D eigenvalue weighted by Crippen LogP contribution is 2.95. The molecule has 188 valence electrons. The van der Waals surface area contributed by atoms with E-state index in [9.17, 15) is 48.4 Å². The van der Waals surface area contributed by atoms with Crippen LogP contribution in [0.1, 0.15) is 11.1 Å². The summed E-state index contributed by atoms with van der Waals surface area (Å²) >= 11 is 0. The molecule has 2 aromatic carbocycles. The Bertz CT molecular complexity index is 985. The van der Waals surface area contributed by atoms with E-state index >= 15 is 0 Å². The van der Waals surface area contributed by atoms with Crippen molar-refractivity contribution >= 4 is 44.3 Å². The number of hydrogen-bond donors (Lipinski definition) is 4. The maximum Gasteiger partial charge on any atom is 0.365 e. The van der Waals surface area contributed by atoms with E-state index in [1.807, 2.05) is 0 Å². The lowest BCUT2D eigenvalue weighted by molar-refractivity contribution is 0.248. The fourth-order valence-electron chi connectivity index (χ4n) is 2.31. The van der Waals surface area contributed by atoms with Gasteiger partial charge in [0.1, 0.15) is 0 Å². The van der Waals surface area contributed by atoms with Gasteiger partial charge in [-0.25, -0.2) is 19.0 Å². The van der Waals surface area contributed by atoms with Gasteiger partial charge < -0.3 is 10.6 Å². The molecule has 0 aliphatic heterocycles. The molecule has 0 unspecified atom stereocenters. The van der Waals surface area contributed by atoms with Crippen LogP contribution in [0.15, 0.2) is 48.5 Å². The number of benzene rings is 2. The van der Waals surface area contributed by atoms with E-state index in [4.69, 9.17) is 0 Å². The van der Waals surface area contributed by atoms with Gasteiger partial charge in [-0.1, -0.05) is 63.1 Å². The van der Waals surface area contributed by atoms with Crippen LogP contribution in [0.4, 0.5) is 59.8 Å². The largest absolute Gasteiger partial charge is 0.365 e. The summed E-state index contributed by atoms with van der Waals surface area (Å²) in [7, 11) is -20.3. The van der Waals surface area contributed by atoms with Gasteiger partial charge in [0.15, 0.2) is 0 Å². The summed E-state index contributed by atoms with van der Waals surface area (Å²) in [6.45, 7) is 0. The normalized spacial score (nSPS) is 16.3. The number of rotatable bonds is 6. The Kier molecular flexibility index (Phi) is 5.37. The van der Waals surface area contributed by atoms with Crippen LogP contribution in [-0.4, -0.2) is 12.1 Å². The van der Waals surface area contributed by atoms with E-state index in [-0.39, 0.29) is 27.2 Å². The first-order valence-corrected chi connectivity index (χ1v) is 12.1. The number of halogens is 10. The highest BCUT2D eigenvalue weighted by atomic mass is 32.5. The average molecular weight is 536 g/mol. The molecule has 0 bridgehead atoms. The standard InChI is InChI=1S/C15H14F10N4O2S2/c16-32(17,18,19,20)28-14(30)26-12-5-1-10(2-6-12)9-11-3-7-13(8-4-11)27-15(31)29-33(21,22,23,24)25/h1-8H,9H2,(H2,26,28,30)(H2,27,29,31). The highest BCUT2D eigenvalue weighted by molar-refractivity contribution is 8.44. The summed E-state index contributed by atoms with van der Waals surface area (Å²) in [5.74, 6) is 0. The van der Waals surface area contributed by atoms with Crippen LogP contribution >= 0.6 is 20.8 Å². The Morgan fingerprint density at radius 3 is 1.06 bits per heavy atom. The fourth-order valence-corrected chi connectivity index (χ4v) is 3.11. The van der Waals surface area contributed by atoms with E-state index in [1.165, 1.54) is 24.3 Å². The smallest absolute Gasteiger partial charge is 0.307 e. The number of anilines is 2. The van der Waals surface area contributed by atoms with Crippen LogP contribution in [0.3, 0.4) is 0 Å². The van der Waals surface area contributed by atoms with Gasteiger partial charge in [0.2, 0.25) is 0 Å². The van der Waals surface area contributed by atoms with Crippen LogP contribution in [-0.2, 0) is 6.42 Å². The van der Waals surface area contributed by atoms with Gasteiger partial charge in [-0.2, -0.15) is 0 Å². The molecule has 0 atom stereocenters. The van der Waals surface area contributed by atoms with Crippen molar-refractivity contribution < 1.29 is 48.4 Å². The van der Waals surface area contributed by atoms with Gasteiger partial charge in [-0.15, -0.1) is 0 Å². The van der Waals surface area contributed by atoms with Gasteiger partial charge in [-0.05, 0) is 41.8 Å². The monoisotopic (exact) mass is 536 g/mol. The molecule has 0 spiro atoms. The summed E-state index contributed by atoms with van der Waals surface area (Å²) in [5, 5.41) is 3.18.